The Morgan fingerprint density at radius 1 is 0.804 bits per heavy atom. The highest BCUT2D eigenvalue weighted by Crippen LogP contribution is 2.42. The molecule has 1 heterocycles. The molecular weight excluding hydrogens is 644 g/mol. The molecule has 10 nitrogen and oxygen atoms in total. The molecule has 51 heavy (non-hydrogen) atoms. The number of ether oxygens (including phenoxy) is 4. The minimum absolute atomic E-state index is 0.327. The van der Waals surface area contributed by atoms with Crippen molar-refractivity contribution in [2.45, 2.75) is 78.2 Å². The Labute approximate surface area is 302 Å². The van der Waals surface area contributed by atoms with Crippen molar-refractivity contribution in [2.75, 3.05) is 45.8 Å². The first-order valence-corrected chi connectivity index (χ1v) is 18.2. The minimum atomic E-state index is -1.07. The Morgan fingerprint density at radius 2 is 1.53 bits per heavy atom. The number of benzene rings is 3. The smallest absolute Gasteiger partial charge is 0.328 e. The fourth-order valence-electron chi connectivity index (χ4n) is 5.94. The van der Waals surface area contributed by atoms with E-state index in [0.717, 1.165) is 37.7 Å². The van der Waals surface area contributed by atoms with Crippen LogP contribution in [0.3, 0.4) is 0 Å². The van der Waals surface area contributed by atoms with E-state index in [1.165, 1.54) is 63.8 Å². The molecule has 0 amide bonds. The minimum Gasteiger partial charge on any atom is -0.493 e. The van der Waals surface area contributed by atoms with Crippen molar-refractivity contribution in [3.8, 4) is 23.0 Å². The Bertz CT molecular complexity index is 1670. The second-order valence-electron chi connectivity index (χ2n) is 12.5. The van der Waals surface area contributed by atoms with Gasteiger partial charge in [-0.3, -0.25) is 0 Å². The van der Waals surface area contributed by atoms with Gasteiger partial charge in [0, 0.05) is 29.6 Å². The van der Waals surface area contributed by atoms with E-state index in [-0.39, 0.29) is 0 Å². The number of hydrogen-bond donors (Lipinski definition) is 2. The molecule has 2 N–H and O–H groups in total. The van der Waals surface area contributed by atoms with Crippen LogP contribution in [0.15, 0.2) is 67.0 Å². The van der Waals surface area contributed by atoms with Crippen LogP contribution in [-0.2, 0) is 11.4 Å². The van der Waals surface area contributed by atoms with Crippen LogP contribution in [0.25, 0.3) is 17.0 Å². The van der Waals surface area contributed by atoms with E-state index >= 15 is 0 Å². The van der Waals surface area contributed by atoms with Gasteiger partial charge >= 0.3 is 5.97 Å². The largest absolute Gasteiger partial charge is 0.493 e. The second kappa shape index (κ2) is 21.4. The van der Waals surface area contributed by atoms with Crippen LogP contribution < -0.4 is 24.3 Å². The van der Waals surface area contributed by atoms with E-state index in [1.807, 2.05) is 42.5 Å². The molecule has 0 aliphatic heterocycles. The summed E-state index contributed by atoms with van der Waals surface area (Å²) in [5, 5.41) is 13.5. The number of aromatic nitrogens is 2. The Balaban J connectivity index is 1.56. The third-order valence-corrected chi connectivity index (χ3v) is 8.70. The molecule has 0 atom stereocenters. The van der Waals surface area contributed by atoms with Gasteiger partial charge in [0.1, 0.15) is 18.8 Å². The highest BCUT2D eigenvalue weighted by molar-refractivity contribution is 5.95. The fraction of sp³-hybridized carbons (Fsp3) is 0.439. The summed E-state index contributed by atoms with van der Waals surface area (Å²) in [7, 11) is 3.17. The molecule has 0 aliphatic rings. The molecule has 0 aliphatic carbocycles. The summed E-state index contributed by atoms with van der Waals surface area (Å²) >= 11 is 0. The zero-order chi connectivity index (χ0) is 36.3. The molecule has 3 aromatic carbocycles. The number of carbonyl (C=O) groups is 1. The van der Waals surface area contributed by atoms with Crippen LogP contribution in [-0.4, -0.2) is 66.4 Å². The van der Waals surface area contributed by atoms with Crippen molar-refractivity contribution >= 4 is 34.5 Å². The lowest BCUT2D eigenvalue weighted by molar-refractivity contribution is -0.131. The summed E-state index contributed by atoms with van der Waals surface area (Å²) in [5.41, 5.74) is 2.72. The van der Waals surface area contributed by atoms with E-state index < -0.39 is 5.97 Å². The van der Waals surface area contributed by atoms with Crippen molar-refractivity contribution in [3.05, 3.63) is 78.1 Å². The second-order valence-corrected chi connectivity index (χ2v) is 12.5. The number of rotatable bonds is 24. The molecular formula is C41H54N4O6. The molecule has 0 spiro atoms. The molecule has 10 heteroatoms. The van der Waals surface area contributed by atoms with E-state index in [9.17, 15) is 9.90 Å². The lowest BCUT2D eigenvalue weighted by Gasteiger charge is -2.22. The standard InChI is InChI=1S/C41H54N4O6/c1-5-7-9-14-23-45(24-15-10-8-6-2)25-16-26-50-37-27-33-34(28-36(37)48-3)42-30-43-41(33)44-39-32(20-22-38(46)47)19-21-35(40(39)49-4)51-29-31-17-12-11-13-18-31/h11-13,17-22,27-28,30H,5-10,14-16,23-26,29H2,1-4H3,(H,46,47)(H,42,43,44)/b22-20+. The average Bonchev–Trinajstić information content (AvgIpc) is 3.15. The van der Waals surface area contributed by atoms with Crippen molar-refractivity contribution in [1.29, 1.82) is 0 Å². The molecule has 0 bridgehead atoms. The molecule has 0 fully saturated rings. The fourth-order valence-corrected chi connectivity index (χ4v) is 5.94. The predicted molar refractivity (Wildman–Crippen MR) is 205 cm³/mol. The van der Waals surface area contributed by atoms with Gasteiger partial charge in [0.05, 0.1) is 32.0 Å². The number of hydrogen-bond acceptors (Lipinski definition) is 9. The molecule has 274 valence electrons. The maximum absolute atomic E-state index is 11.5. The van der Waals surface area contributed by atoms with E-state index in [4.69, 9.17) is 18.9 Å². The van der Waals surface area contributed by atoms with Gasteiger partial charge < -0.3 is 34.3 Å². The van der Waals surface area contributed by atoms with Crippen LogP contribution in [0.5, 0.6) is 23.0 Å². The topological polar surface area (TPSA) is 115 Å². The van der Waals surface area contributed by atoms with Crippen LogP contribution in [0.4, 0.5) is 11.5 Å². The summed E-state index contributed by atoms with van der Waals surface area (Å²) in [5.74, 6) is 1.50. The number of carboxylic acids is 1. The molecule has 0 saturated heterocycles. The highest BCUT2D eigenvalue weighted by Gasteiger charge is 2.19. The molecule has 1 aromatic heterocycles. The molecule has 0 radical (unpaired) electrons. The van der Waals surface area contributed by atoms with Crippen molar-refractivity contribution in [3.63, 3.8) is 0 Å². The van der Waals surface area contributed by atoms with Gasteiger partial charge in [-0.2, -0.15) is 0 Å². The van der Waals surface area contributed by atoms with Crippen LogP contribution >= 0.6 is 0 Å². The van der Waals surface area contributed by atoms with Gasteiger partial charge in [0.2, 0.25) is 0 Å². The highest BCUT2D eigenvalue weighted by atomic mass is 16.5. The summed E-state index contributed by atoms with van der Waals surface area (Å²) in [6.07, 6.45) is 15.0. The predicted octanol–water partition coefficient (Wildman–Crippen LogP) is 9.30. The number of carboxylic acid groups (broad SMARTS) is 1. The van der Waals surface area contributed by atoms with E-state index in [0.29, 0.717) is 64.2 Å². The van der Waals surface area contributed by atoms with Gasteiger partial charge in [0.15, 0.2) is 23.0 Å². The molecule has 4 rings (SSSR count). The quantitative estimate of drug-likeness (QED) is 0.0542. The number of anilines is 2. The van der Waals surface area contributed by atoms with Gasteiger partial charge in [-0.1, -0.05) is 82.7 Å². The summed E-state index contributed by atoms with van der Waals surface area (Å²) in [4.78, 5) is 23.1. The molecule has 0 saturated carbocycles. The van der Waals surface area contributed by atoms with Gasteiger partial charge in [-0.25, -0.2) is 14.8 Å². The first-order chi connectivity index (χ1) is 25.0. The number of fused-ring (bicyclic) bond motifs is 1. The third kappa shape index (κ3) is 12.2. The van der Waals surface area contributed by atoms with E-state index in [2.05, 4.69) is 34.0 Å². The first kappa shape index (κ1) is 39.0. The third-order valence-electron chi connectivity index (χ3n) is 8.70. The number of nitrogens with zero attached hydrogens (tertiary/aromatic N) is 3. The van der Waals surface area contributed by atoms with E-state index in [1.54, 1.807) is 26.4 Å². The number of unbranched alkanes of at least 4 members (excludes halogenated alkanes) is 6. The number of nitrogens with one attached hydrogen (secondary N) is 1. The van der Waals surface area contributed by atoms with Crippen LogP contribution in [0, 0.1) is 0 Å². The van der Waals surface area contributed by atoms with Gasteiger partial charge in [-0.15, -0.1) is 0 Å². The van der Waals surface area contributed by atoms with Gasteiger partial charge in [0.25, 0.3) is 0 Å². The zero-order valence-electron chi connectivity index (χ0n) is 30.7. The SMILES string of the molecule is CCCCCCN(CCCCCC)CCCOc1cc2c(Nc3c(/C=C/C(=O)O)ccc(OCc4ccccc4)c3OC)ncnc2cc1OC. The average molecular weight is 699 g/mol. The van der Waals surface area contributed by atoms with Crippen molar-refractivity contribution in [2.24, 2.45) is 0 Å². The molecule has 4 aromatic rings. The lowest BCUT2D eigenvalue weighted by Crippen LogP contribution is -2.28. The van der Waals surface area contributed by atoms with Gasteiger partial charge in [-0.05, 0) is 62.2 Å². The summed E-state index contributed by atoms with van der Waals surface area (Å²) in [6, 6.07) is 17.1. The maximum Gasteiger partial charge on any atom is 0.328 e. The maximum atomic E-state index is 11.5. The number of aliphatic carboxylic acids is 1. The normalized spacial score (nSPS) is 11.3. The Kier molecular flexibility index (Phi) is 16.4. The lowest BCUT2D eigenvalue weighted by atomic mass is 10.1. The first-order valence-electron chi connectivity index (χ1n) is 18.2. The monoisotopic (exact) mass is 698 g/mol. The summed E-state index contributed by atoms with van der Waals surface area (Å²) in [6.45, 7) is 8.61. The van der Waals surface area contributed by atoms with Crippen molar-refractivity contribution < 1.29 is 28.8 Å². The van der Waals surface area contributed by atoms with Crippen LogP contribution in [0.1, 0.15) is 82.8 Å². The Hall–Kier alpha value is -4.83. The van der Waals surface area contributed by atoms with Crippen LogP contribution in [0.2, 0.25) is 0 Å². The number of methoxy groups -OCH3 is 2. The summed E-state index contributed by atoms with van der Waals surface area (Å²) < 4.78 is 24.1. The van der Waals surface area contributed by atoms with Crippen molar-refractivity contribution in [1.82, 2.24) is 14.9 Å². The molecule has 0 unspecified atom stereocenters. The Morgan fingerprint density at radius 3 is 2.20 bits per heavy atom. The zero-order valence-corrected chi connectivity index (χ0v) is 30.7.